The fourth-order valence-corrected chi connectivity index (χ4v) is 2.34. The Labute approximate surface area is 107 Å². The van der Waals surface area contributed by atoms with E-state index in [9.17, 15) is 9.18 Å². The number of ketones is 1. The molecule has 0 spiro atoms. The van der Waals surface area contributed by atoms with Gasteiger partial charge in [-0.15, -0.1) is 0 Å². The summed E-state index contributed by atoms with van der Waals surface area (Å²) in [5, 5.41) is 0. The number of pyridine rings is 1. The van der Waals surface area contributed by atoms with Crippen LogP contribution in [0.3, 0.4) is 0 Å². The molecule has 4 heteroatoms. The Morgan fingerprint density at radius 3 is 2.83 bits per heavy atom. The van der Waals surface area contributed by atoms with E-state index in [1.807, 2.05) is 0 Å². The molecule has 0 bridgehead atoms. The molecule has 0 atom stereocenters. The van der Waals surface area contributed by atoms with Crippen LogP contribution in [-0.2, 0) is 0 Å². The van der Waals surface area contributed by atoms with Crippen molar-refractivity contribution in [3.05, 3.63) is 29.8 Å². The van der Waals surface area contributed by atoms with Crippen LogP contribution in [0.2, 0.25) is 0 Å². The maximum absolute atomic E-state index is 12.7. The molecule has 0 aromatic carbocycles. The lowest BCUT2D eigenvalue weighted by atomic mass is 9.93. The standard InChI is InChI=1S/C14H19FN2O/c1-14(2)6-8-17(10-14)7-5-13(18)12-4-3-11(15)9-16-12/h3-4,9H,5-8,10H2,1-2H3. The highest BCUT2D eigenvalue weighted by Crippen LogP contribution is 2.28. The highest BCUT2D eigenvalue weighted by atomic mass is 19.1. The first kappa shape index (κ1) is 13.1. The van der Waals surface area contributed by atoms with Gasteiger partial charge in [0.05, 0.1) is 6.20 Å². The second-order valence-electron chi connectivity index (χ2n) is 5.73. The predicted octanol–water partition coefficient (Wildman–Crippen LogP) is 2.53. The van der Waals surface area contributed by atoms with Crippen LogP contribution in [0.25, 0.3) is 0 Å². The van der Waals surface area contributed by atoms with Crippen molar-refractivity contribution in [2.75, 3.05) is 19.6 Å². The topological polar surface area (TPSA) is 33.2 Å². The number of Topliss-reactive ketones (excluding diaryl/α,β-unsaturated/α-hetero) is 1. The van der Waals surface area contributed by atoms with Crippen molar-refractivity contribution in [2.45, 2.75) is 26.7 Å². The van der Waals surface area contributed by atoms with Crippen LogP contribution < -0.4 is 0 Å². The summed E-state index contributed by atoms with van der Waals surface area (Å²) in [5.74, 6) is -0.424. The fraction of sp³-hybridized carbons (Fsp3) is 0.571. The molecule has 0 N–H and O–H groups in total. The first-order valence-electron chi connectivity index (χ1n) is 6.33. The van der Waals surface area contributed by atoms with Gasteiger partial charge in [-0.25, -0.2) is 4.39 Å². The Morgan fingerprint density at radius 2 is 2.28 bits per heavy atom. The highest BCUT2D eigenvalue weighted by Gasteiger charge is 2.29. The number of hydrogen-bond acceptors (Lipinski definition) is 3. The lowest BCUT2D eigenvalue weighted by Crippen LogP contribution is -2.26. The van der Waals surface area contributed by atoms with Gasteiger partial charge in [0.1, 0.15) is 11.5 Å². The van der Waals surface area contributed by atoms with E-state index in [0.717, 1.165) is 25.8 Å². The van der Waals surface area contributed by atoms with Gasteiger partial charge in [0.25, 0.3) is 0 Å². The van der Waals surface area contributed by atoms with Crippen molar-refractivity contribution in [2.24, 2.45) is 5.41 Å². The number of rotatable bonds is 4. The van der Waals surface area contributed by atoms with E-state index in [1.165, 1.54) is 18.6 Å². The molecule has 2 heterocycles. The zero-order valence-electron chi connectivity index (χ0n) is 10.9. The molecule has 0 amide bonds. The lowest BCUT2D eigenvalue weighted by Gasteiger charge is -2.19. The van der Waals surface area contributed by atoms with Gasteiger partial charge in [-0.2, -0.15) is 0 Å². The third-order valence-corrected chi connectivity index (χ3v) is 3.42. The fourth-order valence-electron chi connectivity index (χ4n) is 2.34. The van der Waals surface area contributed by atoms with E-state index >= 15 is 0 Å². The molecular formula is C14H19FN2O. The molecular weight excluding hydrogens is 231 g/mol. The summed E-state index contributed by atoms with van der Waals surface area (Å²) in [6.07, 6.45) is 2.72. The minimum atomic E-state index is -0.409. The summed E-state index contributed by atoms with van der Waals surface area (Å²) >= 11 is 0. The molecule has 1 aliphatic heterocycles. The number of carbonyl (C=O) groups excluding carboxylic acids is 1. The van der Waals surface area contributed by atoms with Crippen molar-refractivity contribution in [3.8, 4) is 0 Å². The summed E-state index contributed by atoms with van der Waals surface area (Å²) in [6.45, 7) is 7.35. The van der Waals surface area contributed by atoms with Gasteiger partial charge in [-0.05, 0) is 30.5 Å². The molecule has 1 aromatic heterocycles. The second-order valence-corrected chi connectivity index (χ2v) is 5.73. The summed E-state index contributed by atoms with van der Waals surface area (Å²) in [7, 11) is 0. The normalized spacial score (nSPS) is 19.1. The summed E-state index contributed by atoms with van der Waals surface area (Å²) < 4.78 is 12.7. The van der Waals surface area contributed by atoms with Gasteiger partial charge >= 0.3 is 0 Å². The molecule has 0 radical (unpaired) electrons. The van der Waals surface area contributed by atoms with Crippen molar-refractivity contribution in [1.82, 2.24) is 9.88 Å². The zero-order chi connectivity index (χ0) is 13.2. The Kier molecular flexibility index (Phi) is 3.76. The number of carbonyl (C=O) groups is 1. The number of nitrogens with zero attached hydrogens (tertiary/aromatic N) is 2. The second kappa shape index (κ2) is 5.14. The molecule has 0 saturated carbocycles. The molecule has 18 heavy (non-hydrogen) atoms. The first-order chi connectivity index (χ1) is 8.46. The van der Waals surface area contributed by atoms with Crippen LogP contribution in [0.1, 0.15) is 37.2 Å². The quantitative estimate of drug-likeness (QED) is 0.770. The van der Waals surface area contributed by atoms with Crippen LogP contribution in [0.5, 0.6) is 0 Å². The Balaban J connectivity index is 1.84. The minimum absolute atomic E-state index is 0.0142. The van der Waals surface area contributed by atoms with E-state index in [0.29, 0.717) is 17.5 Å². The molecule has 0 aliphatic carbocycles. The number of likely N-dealkylation sites (tertiary alicyclic amines) is 1. The van der Waals surface area contributed by atoms with Crippen LogP contribution >= 0.6 is 0 Å². The molecule has 1 aliphatic rings. The van der Waals surface area contributed by atoms with Crippen molar-refractivity contribution < 1.29 is 9.18 Å². The zero-order valence-corrected chi connectivity index (χ0v) is 10.9. The largest absolute Gasteiger partial charge is 0.302 e. The van der Waals surface area contributed by atoms with Crippen molar-refractivity contribution in [1.29, 1.82) is 0 Å². The van der Waals surface area contributed by atoms with E-state index in [4.69, 9.17) is 0 Å². The first-order valence-corrected chi connectivity index (χ1v) is 6.33. The average molecular weight is 250 g/mol. The van der Waals surface area contributed by atoms with Gasteiger partial charge < -0.3 is 4.90 Å². The molecule has 0 unspecified atom stereocenters. The van der Waals surface area contributed by atoms with Gasteiger partial charge in [-0.3, -0.25) is 9.78 Å². The Morgan fingerprint density at radius 1 is 1.50 bits per heavy atom. The number of halogens is 1. The third kappa shape index (κ3) is 3.35. The smallest absolute Gasteiger partial charge is 0.182 e. The molecule has 2 rings (SSSR count). The van der Waals surface area contributed by atoms with Crippen molar-refractivity contribution in [3.63, 3.8) is 0 Å². The number of aromatic nitrogens is 1. The lowest BCUT2D eigenvalue weighted by molar-refractivity contribution is 0.0962. The monoisotopic (exact) mass is 250 g/mol. The van der Waals surface area contributed by atoms with E-state index in [-0.39, 0.29) is 5.78 Å². The van der Waals surface area contributed by atoms with E-state index in [2.05, 4.69) is 23.7 Å². The molecule has 1 saturated heterocycles. The van der Waals surface area contributed by atoms with Gasteiger partial charge in [0.15, 0.2) is 5.78 Å². The predicted molar refractivity (Wildman–Crippen MR) is 68.0 cm³/mol. The maximum Gasteiger partial charge on any atom is 0.182 e. The van der Waals surface area contributed by atoms with Crippen LogP contribution in [0.4, 0.5) is 4.39 Å². The molecule has 98 valence electrons. The summed E-state index contributed by atoms with van der Waals surface area (Å²) in [4.78, 5) is 18.0. The minimum Gasteiger partial charge on any atom is -0.302 e. The van der Waals surface area contributed by atoms with E-state index in [1.54, 1.807) is 0 Å². The van der Waals surface area contributed by atoms with Crippen molar-refractivity contribution >= 4 is 5.78 Å². The van der Waals surface area contributed by atoms with Crippen LogP contribution in [0, 0.1) is 11.2 Å². The number of hydrogen-bond donors (Lipinski definition) is 0. The SMILES string of the molecule is CC1(C)CCN(CCC(=O)c2ccc(F)cn2)C1. The van der Waals surface area contributed by atoms with Crippen LogP contribution in [-0.4, -0.2) is 35.3 Å². The van der Waals surface area contributed by atoms with Gasteiger partial charge in [0, 0.05) is 19.5 Å². The summed E-state index contributed by atoms with van der Waals surface area (Å²) in [5.41, 5.74) is 0.715. The highest BCUT2D eigenvalue weighted by molar-refractivity contribution is 5.94. The molecule has 3 nitrogen and oxygen atoms in total. The van der Waals surface area contributed by atoms with E-state index < -0.39 is 5.82 Å². The molecule has 1 fully saturated rings. The molecule has 1 aromatic rings. The maximum atomic E-state index is 12.7. The van der Waals surface area contributed by atoms with Gasteiger partial charge in [-0.1, -0.05) is 13.8 Å². The van der Waals surface area contributed by atoms with Crippen LogP contribution in [0.15, 0.2) is 18.3 Å². The third-order valence-electron chi connectivity index (χ3n) is 3.42. The Hall–Kier alpha value is -1.29. The van der Waals surface area contributed by atoms with Gasteiger partial charge in [0.2, 0.25) is 0 Å². The Bertz CT molecular complexity index is 428. The average Bonchev–Trinajstić information content (AvgIpc) is 2.67. The summed E-state index contributed by atoms with van der Waals surface area (Å²) in [6, 6.07) is 2.73.